The first kappa shape index (κ1) is 22.3. The van der Waals surface area contributed by atoms with Crippen LogP contribution in [0.25, 0.3) is 0 Å². The molecule has 3 heteroatoms. The molecule has 1 aromatic carbocycles. The predicted molar refractivity (Wildman–Crippen MR) is 130 cm³/mol. The molecule has 4 aliphatic rings. The van der Waals surface area contributed by atoms with Gasteiger partial charge in [0.2, 0.25) is 5.91 Å². The van der Waals surface area contributed by atoms with Crippen molar-refractivity contribution < 1.29 is 9.53 Å². The second-order valence-electron chi connectivity index (χ2n) is 12.0. The van der Waals surface area contributed by atoms with Crippen LogP contribution in [0.1, 0.15) is 84.1 Å². The molecule has 1 unspecified atom stereocenters. The standard InChI is InChI=1S/C29H43NO2/c1-5-19(18-20-8-6-7-9-25(20)32-4)22-11-12-23-21-10-13-26-29(3,17-15-27(31)30-26)24(21)14-16-28(22,23)2/h6-9,19,21-24,26H,5,10-18H2,1-4H3,(H,30,31)/t19?,21-,22+,23-,24-,26+,28+,29+/m0/s1. The Labute approximate surface area is 195 Å². The van der Waals surface area contributed by atoms with Gasteiger partial charge in [0.05, 0.1) is 7.11 Å². The van der Waals surface area contributed by atoms with E-state index in [1.165, 1.54) is 50.5 Å². The van der Waals surface area contributed by atoms with Crippen LogP contribution in [0.3, 0.4) is 0 Å². The lowest BCUT2D eigenvalue weighted by molar-refractivity contribution is -0.137. The summed E-state index contributed by atoms with van der Waals surface area (Å²) in [6.45, 7) is 7.58. The molecule has 1 heterocycles. The molecule has 4 fully saturated rings. The third-order valence-electron chi connectivity index (χ3n) is 10.9. The number of carbonyl (C=O) groups excluding carboxylic acids is 1. The smallest absolute Gasteiger partial charge is 0.220 e. The van der Waals surface area contributed by atoms with Crippen molar-refractivity contribution >= 4 is 5.91 Å². The maximum Gasteiger partial charge on any atom is 0.220 e. The van der Waals surface area contributed by atoms with Crippen molar-refractivity contribution in [2.45, 2.75) is 91.0 Å². The van der Waals surface area contributed by atoms with Crippen LogP contribution in [0.4, 0.5) is 0 Å². The number of hydrogen-bond donors (Lipinski definition) is 1. The van der Waals surface area contributed by atoms with E-state index in [9.17, 15) is 4.79 Å². The fourth-order valence-corrected chi connectivity index (χ4v) is 9.24. The van der Waals surface area contributed by atoms with Crippen molar-refractivity contribution in [3.63, 3.8) is 0 Å². The van der Waals surface area contributed by atoms with E-state index in [0.717, 1.165) is 54.6 Å². The summed E-state index contributed by atoms with van der Waals surface area (Å²) in [6, 6.07) is 9.06. The van der Waals surface area contributed by atoms with Gasteiger partial charge in [0.25, 0.3) is 0 Å². The van der Waals surface area contributed by atoms with Gasteiger partial charge in [-0.3, -0.25) is 4.79 Å². The molecule has 1 N–H and O–H groups in total. The van der Waals surface area contributed by atoms with E-state index in [2.05, 4.69) is 50.4 Å². The van der Waals surface area contributed by atoms with Gasteiger partial charge in [0.1, 0.15) is 5.75 Å². The van der Waals surface area contributed by atoms with Crippen LogP contribution in [0.2, 0.25) is 0 Å². The van der Waals surface area contributed by atoms with E-state index in [1.54, 1.807) is 7.11 Å². The number of hydrogen-bond acceptors (Lipinski definition) is 2. The Balaban J connectivity index is 1.37. The highest BCUT2D eigenvalue weighted by Crippen LogP contribution is 2.67. The summed E-state index contributed by atoms with van der Waals surface area (Å²) < 4.78 is 5.69. The van der Waals surface area contributed by atoms with Gasteiger partial charge in [0, 0.05) is 12.5 Å². The Hall–Kier alpha value is -1.51. The number of nitrogens with one attached hydrogen (secondary N) is 1. The zero-order chi connectivity index (χ0) is 22.5. The molecule has 0 aromatic heterocycles. The van der Waals surface area contributed by atoms with Gasteiger partial charge in [-0.05, 0) is 103 Å². The summed E-state index contributed by atoms with van der Waals surface area (Å²) in [7, 11) is 1.80. The van der Waals surface area contributed by atoms with Crippen LogP contribution in [0.5, 0.6) is 5.75 Å². The van der Waals surface area contributed by atoms with E-state index in [1.807, 2.05) is 0 Å². The number of amides is 1. The SMILES string of the molecule is CCC(Cc1ccccc1OC)[C@H]1CC[C@H]2[C@@H]3CC[C@H]4NC(=O)CC[C@]4(C)[C@H]3CC[C@]12C. The number of carbonyl (C=O) groups is 1. The van der Waals surface area contributed by atoms with Gasteiger partial charge in [0.15, 0.2) is 0 Å². The van der Waals surface area contributed by atoms with Crippen LogP contribution in [-0.2, 0) is 11.2 Å². The molecule has 1 aromatic rings. The minimum atomic E-state index is 0.287. The Kier molecular flexibility index (Phi) is 5.83. The molecule has 1 saturated heterocycles. The van der Waals surface area contributed by atoms with Crippen molar-refractivity contribution in [2.24, 2.45) is 40.4 Å². The lowest BCUT2D eigenvalue weighted by Crippen LogP contribution is -2.61. The molecular weight excluding hydrogens is 394 g/mol. The first-order valence-corrected chi connectivity index (χ1v) is 13.3. The summed E-state index contributed by atoms with van der Waals surface area (Å²) in [5.41, 5.74) is 2.18. The maximum atomic E-state index is 12.1. The van der Waals surface area contributed by atoms with Crippen LogP contribution in [-0.4, -0.2) is 19.1 Å². The lowest BCUT2D eigenvalue weighted by Gasteiger charge is -2.60. The molecule has 3 aliphatic carbocycles. The van der Waals surface area contributed by atoms with Gasteiger partial charge in [-0.2, -0.15) is 0 Å². The van der Waals surface area contributed by atoms with Gasteiger partial charge >= 0.3 is 0 Å². The molecule has 0 bridgehead atoms. The first-order chi connectivity index (χ1) is 15.4. The van der Waals surface area contributed by atoms with Crippen molar-refractivity contribution in [2.75, 3.05) is 7.11 Å². The molecule has 1 amide bonds. The van der Waals surface area contributed by atoms with Gasteiger partial charge in [-0.25, -0.2) is 0 Å². The molecule has 8 atom stereocenters. The maximum absolute atomic E-state index is 12.1. The van der Waals surface area contributed by atoms with E-state index in [0.29, 0.717) is 16.9 Å². The van der Waals surface area contributed by atoms with Crippen LogP contribution in [0, 0.1) is 40.4 Å². The zero-order valence-corrected chi connectivity index (χ0v) is 20.7. The van der Waals surface area contributed by atoms with E-state index >= 15 is 0 Å². The highest BCUT2D eigenvalue weighted by atomic mass is 16.5. The molecule has 3 saturated carbocycles. The third kappa shape index (κ3) is 3.41. The van der Waals surface area contributed by atoms with Gasteiger partial charge < -0.3 is 10.1 Å². The van der Waals surface area contributed by atoms with Crippen LogP contribution < -0.4 is 10.1 Å². The molecule has 1 aliphatic heterocycles. The summed E-state index contributed by atoms with van der Waals surface area (Å²) in [5.74, 6) is 5.42. The molecule has 176 valence electrons. The second kappa shape index (κ2) is 8.37. The largest absolute Gasteiger partial charge is 0.496 e. The summed E-state index contributed by atoms with van der Waals surface area (Å²) >= 11 is 0. The van der Waals surface area contributed by atoms with Crippen molar-refractivity contribution in [1.82, 2.24) is 5.32 Å². The summed E-state index contributed by atoms with van der Waals surface area (Å²) in [6.07, 6.45) is 12.3. The molecular formula is C29H43NO2. The highest BCUT2D eigenvalue weighted by molar-refractivity contribution is 5.77. The molecule has 3 nitrogen and oxygen atoms in total. The molecule has 5 rings (SSSR count). The van der Waals surface area contributed by atoms with Gasteiger partial charge in [-0.15, -0.1) is 0 Å². The van der Waals surface area contributed by atoms with Gasteiger partial charge in [-0.1, -0.05) is 45.4 Å². The summed E-state index contributed by atoms with van der Waals surface area (Å²) in [4.78, 5) is 12.1. The van der Waals surface area contributed by atoms with Crippen molar-refractivity contribution in [3.8, 4) is 5.75 Å². The number of rotatable bonds is 5. The Morgan fingerprint density at radius 1 is 1.03 bits per heavy atom. The quantitative estimate of drug-likeness (QED) is 0.579. The lowest BCUT2D eigenvalue weighted by atomic mass is 9.46. The number of benzene rings is 1. The average Bonchev–Trinajstić information content (AvgIpc) is 3.15. The van der Waals surface area contributed by atoms with Crippen molar-refractivity contribution in [3.05, 3.63) is 29.8 Å². The number of piperidine rings is 1. The third-order valence-corrected chi connectivity index (χ3v) is 10.9. The average molecular weight is 438 g/mol. The molecule has 0 spiro atoms. The minimum Gasteiger partial charge on any atom is -0.496 e. The fraction of sp³-hybridized carbons (Fsp3) is 0.759. The van der Waals surface area contributed by atoms with Crippen molar-refractivity contribution in [1.29, 1.82) is 0 Å². The van der Waals surface area contributed by atoms with E-state index < -0.39 is 0 Å². The zero-order valence-electron chi connectivity index (χ0n) is 20.7. The van der Waals surface area contributed by atoms with E-state index in [-0.39, 0.29) is 5.91 Å². The Morgan fingerprint density at radius 2 is 1.81 bits per heavy atom. The fourth-order valence-electron chi connectivity index (χ4n) is 9.24. The monoisotopic (exact) mass is 437 g/mol. The topological polar surface area (TPSA) is 38.3 Å². The second-order valence-corrected chi connectivity index (χ2v) is 12.0. The number of fused-ring (bicyclic) bond motifs is 5. The number of methoxy groups -OCH3 is 1. The highest BCUT2D eigenvalue weighted by Gasteiger charge is 2.60. The summed E-state index contributed by atoms with van der Waals surface area (Å²) in [5, 5.41) is 3.38. The normalized spacial score (nSPS) is 41.8. The minimum absolute atomic E-state index is 0.287. The van der Waals surface area contributed by atoms with Crippen LogP contribution >= 0.6 is 0 Å². The Morgan fingerprint density at radius 3 is 2.59 bits per heavy atom. The molecule has 32 heavy (non-hydrogen) atoms. The van der Waals surface area contributed by atoms with E-state index in [4.69, 9.17) is 4.74 Å². The number of ether oxygens (including phenoxy) is 1. The number of para-hydroxylation sites is 1. The first-order valence-electron chi connectivity index (χ1n) is 13.3. The predicted octanol–water partition coefficient (Wildman–Crippen LogP) is 6.40. The molecule has 0 radical (unpaired) electrons. The van der Waals surface area contributed by atoms with Crippen LogP contribution in [0.15, 0.2) is 24.3 Å². The Bertz CT molecular complexity index is 851.